The summed E-state index contributed by atoms with van der Waals surface area (Å²) in [6.07, 6.45) is 19.7. The van der Waals surface area contributed by atoms with Gasteiger partial charge in [-0.1, -0.05) is 78.4 Å². The number of hydrogen-bond acceptors (Lipinski definition) is 4. The minimum atomic E-state index is -1.25. The summed E-state index contributed by atoms with van der Waals surface area (Å²) in [5.74, 6) is -1.00. The number of rotatable bonds is 18. The van der Waals surface area contributed by atoms with Gasteiger partial charge in [0.25, 0.3) is 0 Å². The van der Waals surface area contributed by atoms with E-state index in [-0.39, 0.29) is 49.3 Å². The molecule has 7 heteroatoms. The van der Waals surface area contributed by atoms with Gasteiger partial charge < -0.3 is 0 Å². The zero-order valence-corrected chi connectivity index (χ0v) is 23.6. The predicted octanol–water partition coefficient (Wildman–Crippen LogP) is 6.15. The van der Waals surface area contributed by atoms with Crippen LogP contribution in [0.2, 0.25) is 0 Å². The number of allylic oxidation sites excluding steroid dienone is 2. The van der Waals surface area contributed by atoms with Crippen LogP contribution in [0.4, 0.5) is 0 Å². The molecular weight excluding hydrogens is 466 g/mol. The van der Waals surface area contributed by atoms with E-state index in [1.165, 1.54) is 22.6 Å². The second-order valence-electron chi connectivity index (χ2n) is 10.3. The van der Waals surface area contributed by atoms with E-state index >= 15 is 0 Å². The van der Waals surface area contributed by atoms with Crippen molar-refractivity contribution < 1.29 is 19.2 Å². The summed E-state index contributed by atoms with van der Waals surface area (Å²) in [6, 6.07) is 0. The van der Waals surface area contributed by atoms with Gasteiger partial charge in [0.15, 0.2) is 0 Å². The summed E-state index contributed by atoms with van der Waals surface area (Å²) in [5, 5.41) is 5.20. The van der Waals surface area contributed by atoms with E-state index in [1.54, 1.807) is 0 Å². The van der Waals surface area contributed by atoms with Crippen LogP contribution in [0.25, 0.3) is 0 Å². The normalized spacial score (nSPS) is 20.1. The predicted molar refractivity (Wildman–Crippen MR) is 146 cm³/mol. The number of imide groups is 2. The first-order valence-corrected chi connectivity index (χ1v) is 14.6. The monoisotopic (exact) mass is 514 g/mol. The molecule has 0 bridgehead atoms. The number of carbonyl (C=O) groups is 4. The van der Waals surface area contributed by atoms with Crippen LogP contribution in [0, 0.1) is 0 Å². The van der Waals surface area contributed by atoms with Crippen LogP contribution >= 0.6 is 0 Å². The fraction of sp³-hybridized carbons (Fsp3) is 0.733. The molecule has 4 amide bonds. The molecule has 0 aromatic carbocycles. The first kappa shape index (κ1) is 30.9. The minimum Gasteiger partial charge on any atom is -0.274 e. The molecule has 2 saturated heterocycles. The quantitative estimate of drug-likeness (QED) is 0.125. The topological polar surface area (TPSA) is 88.9 Å². The number of nitrogens with zero attached hydrogens (tertiary/aromatic N) is 3. The van der Waals surface area contributed by atoms with Crippen molar-refractivity contribution >= 4 is 23.6 Å². The van der Waals surface area contributed by atoms with Crippen molar-refractivity contribution in [1.29, 1.82) is 0 Å². The first-order chi connectivity index (χ1) is 17.8. The molecule has 0 N–H and O–H groups in total. The Balaban J connectivity index is 2.48. The number of likely N-dealkylation sites (tertiary alicyclic amines) is 2. The molecule has 7 nitrogen and oxygen atoms in total. The van der Waals surface area contributed by atoms with Gasteiger partial charge in [0.2, 0.25) is 23.6 Å². The molecule has 2 fully saturated rings. The molecule has 2 aliphatic rings. The van der Waals surface area contributed by atoms with Gasteiger partial charge in [-0.15, -0.1) is 0 Å². The molecule has 37 heavy (non-hydrogen) atoms. The van der Waals surface area contributed by atoms with Crippen LogP contribution in [0.3, 0.4) is 0 Å². The zero-order valence-electron chi connectivity index (χ0n) is 23.6. The fourth-order valence-electron chi connectivity index (χ4n) is 5.31. The Morgan fingerprint density at radius 2 is 0.946 bits per heavy atom. The highest BCUT2D eigenvalue weighted by Crippen LogP contribution is 2.36. The Labute approximate surface area is 224 Å². The lowest BCUT2D eigenvalue weighted by Gasteiger charge is -2.46. The molecule has 2 rings (SSSR count). The van der Waals surface area contributed by atoms with Gasteiger partial charge in [-0.3, -0.25) is 29.0 Å². The Morgan fingerprint density at radius 3 is 1.24 bits per heavy atom. The van der Waals surface area contributed by atoms with E-state index < -0.39 is 11.3 Å². The van der Waals surface area contributed by atoms with Crippen LogP contribution in [0.1, 0.15) is 130 Å². The van der Waals surface area contributed by atoms with E-state index in [9.17, 15) is 19.2 Å². The van der Waals surface area contributed by atoms with Crippen molar-refractivity contribution in [3.8, 4) is 0 Å². The van der Waals surface area contributed by atoms with Crippen molar-refractivity contribution in [2.75, 3.05) is 0 Å². The molecule has 2 heterocycles. The summed E-state index contributed by atoms with van der Waals surface area (Å²) in [4.78, 5) is 54.6. The van der Waals surface area contributed by atoms with Crippen LogP contribution in [-0.2, 0) is 19.2 Å². The number of unbranched alkanes of at least 4 members (excludes halogenated alkanes) is 8. The van der Waals surface area contributed by atoms with Crippen LogP contribution in [0.15, 0.2) is 24.3 Å². The van der Waals surface area contributed by atoms with Crippen molar-refractivity contribution in [3.05, 3.63) is 24.3 Å². The maximum absolute atomic E-state index is 13.0. The third-order valence-corrected chi connectivity index (χ3v) is 7.52. The average Bonchev–Trinajstić information content (AvgIpc) is 3.42. The van der Waals surface area contributed by atoms with Crippen LogP contribution in [0.5, 0.6) is 0 Å². The van der Waals surface area contributed by atoms with E-state index in [4.69, 9.17) is 5.32 Å². The fourth-order valence-corrected chi connectivity index (χ4v) is 5.31. The van der Waals surface area contributed by atoms with Crippen molar-refractivity contribution in [3.63, 3.8) is 0 Å². The van der Waals surface area contributed by atoms with Crippen molar-refractivity contribution in [2.45, 2.75) is 142 Å². The van der Waals surface area contributed by atoms with E-state index in [1.807, 2.05) is 38.2 Å². The van der Waals surface area contributed by atoms with Gasteiger partial charge >= 0.3 is 0 Å². The summed E-state index contributed by atoms with van der Waals surface area (Å²) in [5.41, 5.74) is -2.50. The molecule has 2 unspecified atom stereocenters. The van der Waals surface area contributed by atoms with Gasteiger partial charge in [0.05, 0.1) is 0 Å². The Hall–Kier alpha value is -2.28. The lowest BCUT2D eigenvalue weighted by molar-refractivity contribution is -0.151. The molecule has 207 valence electrons. The smallest absolute Gasteiger partial charge is 0.231 e. The Bertz CT molecular complexity index is 752. The maximum atomic E-state index is 13.0. The number of amides is 4. The molecule has 0 spiro atoms. The highest BCUT2D eigenvalue weighted by molar-refractivity contribution is 6.04. The van der Waals surface area contributed by atoms with Crippen molar-refractivity contribution in [2.24, 2.45) is 0 Å². The summed E-state index contributed by atoms with van der Waals surface area (Å²) in [6.45, 7) is 8.16. The number of hydrogen-bond donors (Lipinski definition) is 0. The molecule has 0 saturated carbocycles. The third kappa shape index (κ3) is 7.86. The van der Waals surface area contributed by atoms with Crippen LogP contribution < -0.4 is 5.32 Å². The van der Waals surface area contributed by atoms with E-state index in [0.29, 0.717) is 12.8 Å². The SMILES string of the molecule is CCCCCC/C=C/C(CC)([N]C(/C=C/CCCCCC)(CC)N1C(=O)CCC1=O)N1C(=O)CCC1=O. The molecule has 0 aromatic rings. The van der Waals surface area contributed by atoms with Crippen LogP contribution in [-0.4, -0.2) is 44.8 Å². The Kier molecular flexibility index (Phi) is 12.7. The highest BCUT2D eigenvalue weighted by atomic mass is 16.2. The van der Waals surface area contributed by atoms with Gasteiger partial charge in [-0.25, -0.2) is 0 Å². The third-order valence-electron chi connectivity index (χ3n) is 7.52. The van der Waals surface area contributed by atoms with E-state index in [2.05, 4.69) is 13.8 Å². The molecule has 2 atom stereocenters. The lowest BCUT2D eigenvalue weighted by atomic mass is 9.95. The van der Waals surface area contributed by atoms with Gasteiger partial charge in [0.1, 0.15) is 11.3 Å². The standard InChI is InChI=1S/C30H48N3O4/c1-5-9-11-13-15-17-23-29(7-3,32-25(34)19-20-26(32)35)31-30(8-4,24-18-16-14-12-10-6-2)33-27(36)21-22-28(33)37/h17-18,23-24H,5-16,19-22H2,1-4H3/b23-17+,24-18+. The number of carbonyl (C=O) groups excluding carboxylic acids is 4. The maximum Gasteiger partial charge on any atom is 0.231 e. The minimum absolute atomic E-state index is 0.161. The first-order valence-electron chi connectivity index (χ1n) is 14.6. The second kappa shape index (κ2) is 15.2. The van der Waals surface area contributed by atoms with E-state index in [0.717, 1.165) is 51.4 Å². The van der Waals surface area contributed by atoms with Crippen molar-refractivity contribution in [1.82, 2.24) is 15.1 Å². The summed E-state index contributed by atoms with van der Waals surface area (Å²) < 4.78 is 0. The van der Waals surface area contributed by atoms with Gasteiger partial charge in [-0.05, 0) is 50.7 Å². The molecule has 0 aromatic heterocycles. The zero-order chi connectivity index (χ0) is 27.3. The lowest BCUT2D eigenvalue weighted by Crippen LogP contribution is -2.67. The molecular formula is C30H48N3O4. The van der Waals surface area contributed by atoms with Gasteiger partial charge in [0, 0.05) is 25.7 Å². The summed E-state index contributed by atoms with van der Waals surface area (Å²) in [7, 11) is 0. The highest BCUT2D eigenvalue weighted by Gasteiger charge is 2.53. The summed E-state index contributed by atoms with van der Waals surface area (Å²) >= 11 is 0. The second-order valence-corrected chi connectivity index (χ2v) is 10.3. The molecule has 1 radical (unpaired) electrons. The molecule has 0 aliphatic carbocycles. The Morgan fingerprint density at radius 1 is 0.595 bits per heavy atom. The average molecular weight is 515 g/mol. The largest absolute Gasteiger partial charge is 0.274 e. The van der Waals surface area contributed by atoms with Gasteiger partial charge in [-0.2, -0.15) is 5.32 Å². The molecule has 2 aliphatic heterocycles.